The van der Waals surface area contributed by atoms with Crippen LogP contribution in [-0.4, -0.2) is 73.9 Å². The van der Waals surface area contributed by atoms with Crippen molar-refractivity contribution in [3.8, 4) is 0 Å². The molecule has 5 nitrogen and oxygen atoms in total. The highest BCUT2D eigenvalue weighted by Crippen LogP contribution is 2.27. The van der Waals surface area contributed by atoms with Crippen LogP contribution in [0.2, 0.25) is 0 Å². The van der Waals surface area contributed by atoms with Crippen LogP contribution in [0.25, 0.3) is 0 Å². The van der Waals surface area contributed by atoms with Gasteiger partial charge in [0.15, 0.2) is 0 Å². The van der Waals surface area contributed by atoms with Crippen LogP contribution < -0.4 is 0 Å². The third kappa shape index (κ3) is 3.22. The van der Waals surface area contributed by atoms with Gasteiger partial charge in [0.25, 0.3) is 0 Å². The fourth-order valence-corrected chi connectivity index (χ4v) is 3.37. The van der Waals surface area contributed by atoms with Crippen molar-refractivity contribution in [2.24, 2.45) is 0 Å². The minimum Gasteiger partial charge on any atom is -0.379 e. The second-order valence-corrected chi connectivity index (χ2v) is 5.84. The number of rotatable bonds is 3. The molecule has 2 bridgehead atoms. The fraction of sp³-hybridized carbons (Fsp3) is 0.800. The fourth-order valence-electron chi connectivity index (χ4n) is 3.37. The van der Waals surface area contributed by atoms with Crippen molar-refractivity contribution in [1.82, 2.24) is 9.80 Å². The summed E-state index contributed by atoms with van der Waals surface area (Å²) < 4.78 is 10.9. The molecular formula is C15H24N2O3. The monoisotopic (exact) mass is 280 g/mol. The van der Waals surface area contributed by atoms with Gasteiger partial charge < -0.3 is 14.4 Å². The Morgan fingerprint density at radius 1 is 1.10 bits per heavy atom. The van der Waals surface area contributed by atoms with Gasteiger partial charge in [-0.25, -0.2) is 0 Å². The van der Waals surface area contributed by atoms with E-state index in [9.17, 15) is 4.79 Å². The van der Waals surface area contributed by atoms with E-state index in [0.717, 1.165) is 45.7 Å². The molecule has 5 heteroatoms. The summed E-state index contributed by atoms with van der Waals surface area (Å²) in [5.74, 6) is 0.163. The lowest BCUT2D eigenvalue weighted by atomic mass is 9.94. The van der Waals surface area contributed by atoms with Crippen LogP contribution in [0.15, 0.2) is 12.2 Å². The summed E-state index contributed by atoms with van der Waals surface area (Å²) in [4.78, 5) is 16.8. The number of morpholine rings is 2. The van der Waals surface area contributed by atoms with Gasteiger partial charge in [0.1, 0.15) is 0 Å². The molecule has 0 aromatic rings. The van der Waals surface area contributed by atoms with E-state index in [-0.39, 0.29) is 5.91 Å². The molecule has 3 saturated heterocycles. The van der Waals surface area contributed by atoms with E-state index >= 15 is 0 Å². The van der Waals surface area contributed by atoms with Crippen LogP contribution in [0.1, 0.15) is 19.3 Å². The summed E-state index contributed by atoms with van der Waals surface area (Å²) in [5.41, 5.74) is 0. The van der Waals surface area contributed by atoms with Gasteiger partial charge in [-0.05, 0) is 19.3 Å². The van der Waals surface area contributed by atoms with Gasteiger partial charge in [-0.15, -0.1) is 0 Å². The number of nitrogens with zero attached hydrogens (tertiary/aromatic N) is 2. The van der Waals surface area contributed by atoms with Crippen LogP contribution in [-0.2, 0) is 14.3 Å². The third-order valence-corrected chi connectivity index (χ3v) is 4.46. The first-order chi connectivity index (χ1) is 9.84. The zero-order chi connectivity index (χ0) is 13.8. The van der Waals surface area contributed by atoms with Gasteiger partial charge in [0.05, 0.1) is 38.5 Å². The second kappa shape index (κ2) is 6.70. The summed E-state index contributed by atoms with van der Waals surface area (Å²) in [6, 6.07) is 0.589. The Bertz CT molecular complexity index is 344. The highest BCUT2D eigenvalue weighted by atomic mass is 16.5. The molecule has 0 aromatic carbocycles. The van der Waals surface area contributed by atoms with E-state index in [4.69, 9.17) is 9.47 Å². The van der Waals surface area contributed by atoms with Gasteiger partial charge in [-0.2, -0.15) is 0 Å². The lowest BCUT2D eigenvalue weighted by Gasteiger charge is -2.45. The Balaban J connectivity index is 1.52. The molecule has 1 amide bonds. The summed E-state index contributed by atoms with van der Waals surface area (Å²) >= 11 is 0. The maximum atomic E-state index is 12.4. The molecule has 20 heavy (non-hydrogen) atoms. The lowest BCUT2D eigenvalue weighted by Crippen LogP contribution is -2.56. The molecular weight excluding hydrogens is 256 g/mol. The van der Waals surface area contributed by atoms with Crippen molar-refractivity contribution in [2.75, 3.05) is 46.1 Å². The first kappa shape index (κ1) is 14.0. The molecule has 0 unspecified atom stereocenters. The predicted molar refractivity (Wildman–Crippen MR) is 75.5 cm³/mol. The molecule has 0 spiro atoms. The maximum Gasteiger partial charge on any atom is 0.246 e. The van der Waals surface area contributed by atoms with E-state index in [0.29, 0.717) is 25.3 Å². The lowest BCUT2D eigenvalue weighted by molar-refractivity contribution is -0.145. The van der Waals surface area contributed by atoms with Crippen molar-refractivity contribution in [2.45, 2.75) is 31.3 Å². The van der Waals surface area contributed by atoms with E-state index in [1.807, 2.05) is 6.08 Å². The molecule has 3 aliphatic heterocycles. The molecule has 3 rings (SSSR count). The number of hydrogen-bond donors (Lipinski definition) is 0. The molecule has 0 aromatic heterocycles. The van der Waals surface area contributed by atoms with Crippen LogP contribution in [0.5, 0.6) is 0 Å². The average molecular weight is 280 g/mol. The van der Waals surface area contributed by atoms with Gasteiger partial charge in [-0.3, -0.25) is 9.69 Å². The molecule has 0 saturated carbocycles. The molecule has 2 atom stereocenters. The van der Waals surface area contributed by atoms with Crippen molar-refractivity contribution < 1.29 is 14.3 Å². The van der Waals surface area contributed by atoms with Gasteiger partial charge in [0.2, 0.25) is 5.91 Å². The molecule has 3 heterocycles. The van der Waals surface area contributed by atoms with Crippen molar-refractivity contribution in [1.29, 1.82) is 0 Å². The maximum absolute atomic E-state index is 12.4. The molecule has 0 radical (unpaired) electrons. The summed E-state index contributed by atoms with van der Waals surface area (Å²) in [6.07, 6.45) is 7.14. The normalized spacial score (nSPS) is 31.7. The number of carbonyl (C=O) groups excluding carboxylic acids is 1. The van der Waals surface area contributed by atoms with Crippen LogP contribution in [0.4, 0.5) is 0 Å². The quantitative estimate of drug-likeness (QED) is 0.712. The number of carbonyl (C=O) groups is 1. The summed E-state index contributed by atoms with van der Waals surface area (Å²) in [6.45, 7) is 5.78. The van der Waals surface area contributed by atoms with Crippen molar-refractivity contribution in [3.05, 3.63) is 12.2 Å². The van der Waals surface area contributed by atoms with Crippen LogP contribution in [0, 0.1) is 0 Å². The van der Waals surface area contributed by atoms with Crippen LogP contribution in [0.3, 0.4) is 0 Å². The molecule has 3 fully saturated rings. The highest BCUT2D eigenvalue weighted by molar-refractivity contribution is 5.88. The Hall–Kier alpha value is -0.910. The average Bonchev–Trinajstić information content (AvgIpc) is 2.47. The minimum atomic E-state index is 0.163. The number of fused-ring (bicyclic) bond motifs is 2. The van der Waals surface area contributed by atoms with Crippen molar-refractivity contribution >= 4 is 5.91 Å². The van der Waals surface area contributed by atoms with E-state index in [1.165, 1.54) is 6.42 Å². The Kier molecular flexibility index (Phi) is 4.70. The zero-order valence-electron chi connectivity index (χ0n) is 12.0. The number of piperidine rings is 1. The summed E-state index contributed by atoms with van der Waals surface area (Å²) in [5, 5.41) is 0. The predicted octanol–water partition coefficient (Wildman–Crippen LogP) is 0.655. The highest BCUT2D eigenvalue weighted by Gasteiger charge is 2.36. The second-order valence-electron chi connectivity index (χ2n) is 5.84. The number of amides is 1. The first-order valence-corrected chi connectivity index (χ1v) is 7.71. The molecule has 3 aliphatic rings. The SMILES string of the molecule is O=C(/C=C/CN1CCOCC1)N1[C@@H]2CCC[C@H]1COC2. The smallest absolute Gasteiger partial charge is 0.246 e. The number of hydrogen-bond acceptors (Lipinski definition) is 4. The first-order valence-electron chi connectivity index (χ1n) is 7.71. The molecule has 0 aliphatic carbocycles. The van der Waals surface area contributed by atoms with Gasteiger partial charge in [-0.1, -0.05) is 6.08 Å². The van der Waals surface area contributed by atoms with Crippen molar-refractivity contribution in [3.63, 3.8) is 0 Å². The topological polar surface area (TPSA) is 42.0 Å². The van der Waals surface area contributed by atoms with Gasteiger partial charge >= 0.3 is 0 Å². The van der Waals surface area contributed by atoms with Crippen LogP contribution >= 0.6 is 0 Å². The van der Waals surface area contributed by atoms with Gasteiger partial charge in [0, 0.05) is 25.7 Å². The largest absolute Gasteiger partial charge is 0.379 e. The molecule has 0 N–H and O–H groups in total. The Labute approximate surface area is 120 Å². The van der Waals surface area contributed by atoms with E-state index in [1.54, 1.807) is 6.08 Å². The van der Waals surface area contributed by atoms with E-state index in [2.05, 4.69) is 9.80 Å². The van der Waals surface area contributed by atoms with E-state index < -0.39 is 0 Å². The Morgan fingerprint density at radius 3 is 2.50 bits per heavy atom. The Morgan fingerprint density at radius 2 is 1.80 bits per heavy atom. The minimum absolute atomic E-state index is 0.163. The third-order valence-electron chi connectivity index (χ3n) is 4.46. The zero-order valence-corrected chi connectivity index (χ0v) is 12.0. The summed E-state index contributed by atoms with van der Waals surface area (Å²) in [7, 11) is 0. The standard InChI is InChI=1S/C15H24N2O3/c18-15(5-2-6-16-7-9-19-10-8-16)17-13-3-1-4-14(17)12-20-11-13/h2,5,13-14H,1,3-4,6-12H2/b5-2+/t13-,14+. The molecule has 112 valence electrons. The number of ether oxygens (including phenoxy) is 2.